The summed E-state index contributed by atoms with van der Waals surface area (Å²) in [5.74, 6) is -0.923. The van der Waals surface area contributed by atoms with Crippen molar-refractivity contribution in [2.24, 2.45) is 0 Å². The molecule has 1 aromatic rings. The van der Waals surface area contributed by atoms with Gasteiger partial charge in [0.05, 0.1) is 5.02 Å². The third-order valence-electron chi connectivity index (χ3n) is 3.45. The van der Waals surface area contributed by atoms with Crippen LogP contribution in [-0.2, 0) is 14.3 Å². The number of hydrogen-bond acceptors (Lipinski definition) is 3. The van der Waals surface area contributed by atoms with Crippen molar-refractivity contribution in [3.8, 4) is 0 Å². The van der Waals surface area contributed by atoms with Gasteiger partial charge in [0.15, 0.2) is 0 Å². The van der Waals surface area contributed by atoms with Crippen LogP contribution in [0, 0.1) is 5.82 Å². The van der Waals surface area contributed by atoms with Crippen LogP contribution in [0.15, 0.2) is 18.2 Å². The van der Waals surface area contributed by atoms with Crippen LogP contribution in [0.25, 0.3) is 0 Å². The van der Waals surface area contributed by atoms with E-state index in [9.17, 15) is 14.0 Å². The molecule has 0 aromatic heterocycles. The number of halogens is 2. The van der Waals surface area contributed by atoms with Crippen LogP contribution in [0.1, 0.15) is 19.8 Å². The first-order chi connectivity index (χ1) is 10.5. The van der Waals surface area contributed by atoms with Crippen molar-refractivity contribution in [3.63, 3.8) is 0 Å². The van der Waals surface area contributed by atoms with Gasteiger partial charge in [-0.1, -0.05) is 11.6 Å². The lowest BCUT2D eigenvalue weighted by Crippen LogP contribution is -2.41. The van der Waals surface area contributed by atoms with Gasteiger partial charge in [-0.05, 0) is 31.0 Å². The summed E-state index contributed by atoms with van der Waals surface area (Å²) in [4.78, 5) is 25.0. The summed E-state index contributed by atoms with van der Waals surface area (Å²) in [6.45, 7) is 2.56. The van der Waals surface area contributed by atoms with Crippen LogP contribution in [0.3, 0.4) is 0 Å². The molecule has 1 unspecified atom stereocenters. The Kier molecular flexibility index (Phi) is 5.74. The molecule has 1 atom stereocenters. The number of ether oxygens (including phenoxy) is 1. The van der Waals surface area contributed by atoms with Crippen LogP contribution < -0.4 is 10.2 Å². The standard InChI is InChI=1S/C15H18ClFN2O3/c1-10(20)19(11-4-5-13(17)12(16)9-11)7-6-18-15(21)14-3-2-8-22-14/h4-5,9,14H,2-3,6-8H2,1H3,(H,18,21). The third-order valence-corrected chi connectivity index (χ3v) is 3.74. The SMILES string of the molecule is CC(=O)N(CCNC(=O)C1CCCO1)c1ccc(F)c(Cl)c1. The maximum Gasteiger partial charge on any atom is 0.249 e. The van der Waals surface area contributed by atoms with Gasteiger partial charge in [-0.3, -0.25) is 9.59 Å². The lowest BCUT2D eigenvalue weighted by molar-refractivity contribution is -0.130. The minimum absolute atomic E-state index is 0.0489. The molecule has 5 nitrogen and oxygen atoms in total. The van der Waals surface area contributed by atoms with E-state index in [4.69, 9.17) is 16.3 Å². The monoisotopic (exact) mass is 328 g/mol. The molecule has 2 rings (SSSR count). The Morgan fingerprint density at radius 2 is 2.27 bits per heavy atom. The Bertz CT molecular complexity index is 562. The fourth-order valence-corrected chi connectivity index (χ4v) is 2.49. The van der Waals surface area contributed by atoms with E-state index in [-0.39, 0.29) is 29.9 Å². The summed E-state index contributed by atoms with van der Waals surface area (Å²) in [5, 5.41) is 2.69. The normalized spacial score (nSPS) is 17.3. The molecule has 0 bridgehead atoms. The number of hydrogen-bond donors (Lipinski definition) is 1. The Hall–Kier alpha value is -1.66. The average molecular weight is 329 g/mol. The zero-order valence-electron chi connectivity index (χ0n) is 12.3. The van der Waals surface area contributed by atoms with Gasteiger partial charge in [0, 0.05) is 32.3 Å². The van der Waals surface area contributed by atoms with E-state index >= 15 is 0 Å². The molecule has 2 amide bonds. The first-order valence-corrected chi connectivity index (χ1v) is 7.49. The van der Waals surface area contributed by atoms with Gasteiger partial charge in [-0.15, -0.1) is 0 Å². The summed E-state index contributed by atoms with van der Waals surface area (Å²) < 4.78 is 18.5. The van der Waals surface area contributed by atoms with Crippen molar-refractivity contribution < 1.29 is 18.7 Å². The van der Waals surface area contributed by atoms with Gasteiger partial charge in [0.1, 0.15) is 11.9 Å². The highest BCUT2D eigenvalue weighted by molar-refractivity contribution is 6.31. The quantitative estimate of drug-likeness (QED) is 0.900. The fourth-order valence-electron chi connectivity index (χ4n) is 2.31. The van der Waals surface area contributed by atoms with Crippen LogP contribution in [0.5, 0.6) is 0 Å². The van der Waals surface area contributed by atoms with Crippen molar-refractivity contribution in [2.75, 3.05) is 24.6 Å². The maximum atomic E-state index is 13.2. The van der Waals surface area contributed by atoms with Crippen LogP contribution >= 0.6 is 11.6 Å². The van der Waals surface area contributed by atoms with Crippen molar-refractivity contribution in [2.45, 2.75) is 25.9 Å². The first-order valence-electron chi connectivity index (χ1n) is 7.11. The molecule has 1 fully saturated rings. The summed E-state index contributed by atoms with van der Waals surface area (Å²) in [5.41, 5.74) is 0.491. The molecule has 1 heterocycles. The Balaban J connectivity index is 1.93. The van der Waals surface area contributed by atoms with Gasteiger partial charge in [0.25, 0.3) is 0 Å². The number of anilines is 1. The summed E-state index contributed by atoms with van der Waals surface area (Å²) in [6.07, 6.45) is 1.20. The van der Waals surface area contributed by atoms with Gasteiger partial charge < -0.3 is 15.0 Å². The van der Waals surface area contributed by atoms with Crippen molar-refractivity contribution in [1.82, 2.24) is 5.32 Å². The number of rotatable bonds is 5. The Labute approximate surface area is 133 Å². The minimum atomic E-state index is -0.541. The zero-order valence-corrected chi connectivity index (χ0v) is 13.0. The Morgan fingerprint density at radius 1 is 1.50 bits per heavy atom. The van der Waals surface area contributed by atoms with E-state index < -0.39 is 11.9 Å². The molecule has 0 saturated carbocycles. The van der Waals surface area contributed by atoms with E-state index in [0.717, 1.165) is 12.8 Å². The highest BCUT2D eigenvalue weighted by atomic mass is 35.5. The van der Waals surface area contributed by atoms with E-state index in [2.05, 4.69) is 5.32 Å². The number of carbonyl (C=O) groups is 2. The molecule has 22 heavy (non-hydrogen) atoms. The number of carbonyl (C=O) groups excluding carboxylic acids is 2. The molecule has 1 aromatic carbocycles. The Morgan fingerprint density at radius 3 is 2.86 bits per heavy atom. The third kappa shape index (κ3) is 4.18. The summed E-state index contributed by atoms with van der Waals surface area (Å²) in [7, 11) is 0. The van der Waals surface area contributed by atoms with Crippen molar-refractivity contribution >= 4 is 29.1 Å². The molecule has 7 heteroatoms. The van der Waals surface area contributed by atoms with Crippen molar-refractivity contribution in [3.05, 3.63) is 29.0 Å². The number of benzene rings is 1. The topological polar surface area (TPSA) is 58.6 Å². The van der Waals surface area contributed by atoms with Crippen LogP contribution in [-0.4, -0.2) is 37.6 Å². The van der Waals surface area contributed by atoms with Crippen molar-refractivity contribution in [1.29, 1.82) is 0 Å². The molecular formula is C15H18ClFN2O3. The molecule has 1 N–H and O–H groups in total. The van der Waals surface area contributed by atoms with Gasteiger partial charge in [-0.25, -0.2) is 4.39 Å². The molecule has 1 aliphatic heterocycles. The van der Waals surface area contributed by atoms with Gasteiger partial charge >= 0.3 is 0 Å². The first kappa shape index (κ1) is 16.7. The van der Waals surface area contributed by atoms with E-state index in [1.165, 1.54) is 30.0 Å². The van der Waals surface area contributed by atoms with E-state index in [1.807, 2.05) is 0 Å². The maximum absolute atomic E-state index is 13.2. The predicted octanol–water partition coefficient (Wildman–Crippen LogP) is 2.13. The lowest BCUT2D eigenvalue weighted by Gasteiger charge is -2.22. The molecule has 0 aliphatic carbocycles. The summed E-state index contributed by atoms with van der Waals surface area (Å²) >= 11 is 5.73. The number of nitrogens with zero attached hydrogens (tertiary/aromatic N) is 1. The predicted molar refractivity (Wildman–Crippen MR) is 81.4 cm³/mol. The van der Waals surface area contributed by atoms with Crippen LogP contribution in [0.2, 0.25) is 5.02 Å². The molecule has 0 spiro atoms. The molecule has 120 valence electrons. The second-order valence-electron chi connectivity index (χ2n) is 5.06. The molecule has 1 saturated heterocycles. The van der Waals surface area contributed by atoms with E-state index in [0.29, 0.717) is 12.3 Å². The molecule has 0 radical (unpaired) electrons. The van der Waals surface area contributed by atoms with Gasteiger partial charge in [-0.2, -0.15) is 0 Å². The highest BCUT2D eigenvalue weighted by Gasteiger charge is 2.23. The largest absolute Gasteiger partial charge is 0.368 e. The number of nitrogens with one attached hydrogen (secondary N) is 1. The van der Waals surface area contributed by atoms with E-state index in [1.54, 1.807) is 0 Å². The lowest BCUT2D eigenvalue weighted by atomic mass is 10.2. The zero-order chi connectivity index (χ0) is 16.1. The van der Waals surface area contributed by atoms with Gasteiger partial charge in [0.2, 0.25) is 11.8 Å². The second kappa shape index (κ2) is 7.56. The molecular weight excluding hydrogens is 311 g/mol. The summed E-state index contributed by atoms with van der Waals surface area (Å²) in [6, 6.07) is 4.07. The fraction of sp³-hybridized carbons (Fsp3) is 0.467. The highest BCUT2D eigenvalue weighted by Crippen LogP contribution is 2.22. The average Bonchev–Trinajstić information content (AvgIpc) is 3.00. The minimum Gasteiger partial charge on any atom is -0.368 e. The second-order valence-corrected chi connectivity index (χ2v) is 5.47. The number of amides is 2. The smallest absolute Gasteiger partial charge is 0.249 e. The van der Waals surface area contributed by atoms with Crippen LogP contribution in [0.4, 0.5) is 10.1 Å². The molecule has 1 aliphatic rings.